The summed E-state index contributed by atoms with van der Waals surface area (Å²) in [6.45, 7) is -0.147. The van der Waals surface area contributed by atoms with E-state index in [0.717, 1.165) is 0 Å². The van der Waals surface area contributed by atoms with Crippen LogP contribution in [0, 0.1) is 5.82 Å². The smallest absolute Gasteiger partial charge is 0.235 e. The van der Waals surface area contributed by atoms with Crippen molar-refractivity contribution < 1.29 is 18.3 Å². The molecule has 1 heterocycles. The van der Waals surface area contributed by atoms with Gasteiger partial charge in [0.25, 0.3) is 0 Å². The molecule has 0 unspecified atom stereocenters. The van der Waals surface area contributed by atoms with Gasteiger partial charge in [-0.05, 0) is 46.3 Å². The maximum atomic E-state index is 12.9. The van der Waals surface area contributed by atoms with E-state index in [1.807, 2.05) is 0 Å². The van der Waals surface area contributed by atoms with E-state index in [2.05, 4.69) is 15.9 Å². The molecule has 0 atom stereocenters. The Labute approximate surface area is 105 Å². The van der Waals surface area contributed by atoms with Crippen molar-refractivity contribution in [1.82, 2.24) is 0 Å². The Kier molecular flexibility index (Phi) is 3.58. The summed E-state index contributed by atoms with van der Waals surface area (Å²) in [5, 5.41) is 0. The summed E-state index contributed by atoms with van der Waals surface area (Å²) in [5.74, 6) is 0.00881. The first-order valence-corrected chi connectivity index (χ1v) is 5.60. The van der Waals surface area contributed by atoms with Gasteiger partial charge in [-0.1, -0.05) is 0 Å². The van der Waals surface area contributed by atoms with Gasteiger partial charge in [-0.2, -0.15) is 0 Å². The zero-order chi connectivity index (χ0) is 12.3. The van der Waals surface area contributed by atoms with E-state index in [9.17, 15) is 9.18 Å². The number of ether oxygens (including phenoxy) is 1. The van der Waals surface area contributed by atoms with Gasteiger partial charge in [0.05, 0.1) is 10.7 Å². The molecule has 0 fully saturated rings. The predicted octanol–water partition coefficient (Wildman–Crippen LogP) is 3.44. The predicted molar refractivity (Wildman–Crippen MR) is 62.6 cm³/mol. The molecule has 1 aromatic carbocycles. The van der Waals surface area contributed by atoms with Crippen molar-refractivity contribution in [2.45, 2.75) is 0 Å². The van der Waals surface area contributed by atoms with Crippen LogP contribution in [-0.2, 0) is 0 Å². The number of rotatable bonds is 4. The molecule has 2 rings (SSSR count). The molecule has 2 aromatic rings. The van der Waals surface area contributed by atoms with Gasteiger partial charge in [-0.3, -0.25) is 4.79 Å². The first-order chi connectivity index (χ1) is 8.16. The van der Waals surface area contributed by atoms with Gasteiger partial charge in [0.2, 0.25) is 5.78 Å². The average molecular weight is 299 g/mol. The van der Waals surface area contributed by atoms with E-state index in [1.54, 1.807) is 12.1 Å². The van der Waals surface area contributed by atoms with Crippen LogP contribution in [0.4, 0.5) is 4.39 Å². The summed E-state index contributed by atoms with van der Waals surface area (Å²) >= 11 is 3.03. The van der Waals surface area contributed by atoms with Crippen LogP contribution in [0.5, 0.6) is 5.75 Å². The summed E-state index contributed by atoms with van der Waals surface area (Å²) in [4.78, 5) is 11.5. The highest BCUT2D eigenvalue weighted by atomic mass is 79.9. The minimum atomic E-state index is -0.380. The van der Waals surface area contributed by atoms with Crippen molar-refractivity contribution >= 4 is 21.7 Å². The number of hydrogen-bond acceptors (Lipinski definition) is 3. The summed E-state index contributed by atoms with van der Waals surface area (Å²) in [6, 6.07) is 7.37. The highest BCUT2D eigenvalue weighted by Crippen LogP contribution is 2.21. The first-order valence-electron chi connectivity index (χ1n) is 4.81. The van der Waals surface area contributed by atoms with Gasteiger partial charge in [0, 0.05) is 0 Å². The molecule has 0 bridgehead atoms. The maximum absolute atomic E-state index is 12.9. The van der Waals surface area contributed by atoms with Crippen LogP contribution in [0.25, 0.3) is 0 Å². The molecule has 0 saturated carbocycles. The largest absolute Gasteiger partial charge is 0.485 e. The third-order valence-electron chi connectivity index (χ3n) is 2.06. The van der Waals surface area contributed by atoms with Crippen LogP contribution in [0.2, 0.25) is 0 Å². The molecular weight excluding hydrogens is 291 g/mol. The molecule has 88 valence electrons. The van der Waals surface area contributed by atoms with Gasteiger partial charge < -0.3 is 9.15 Å². The number of carbonyl (C=O) groups is 1. The molecule has 0 amide bonds. The van der Waals surface area contributed by atoms with Gasteiger partial charge in [0.1, 0.15) is 11.6 Å². The van der Waals surface area contributed by atoms with Crippen LogP contribution in [0.15, 0.2) is 45.5 Å². The third kappa shape index (κ3) is 2.94. The van der Waals surface area contributed by atoms with E-state index in [0.29, 0.717) is 10.2 Å². The fourth-order valence-corrected chi connectivity index (χ4v) is 1.58. The third-order valence-corrected chi connectivity index (χ3v) is 2.66. The number of Topliss-reactive ketones (excluding diaryl/α,β-unsaturated/α-hetero) is 1. The first kappa shape index (κ1) is 11.9. The van der Waals surface area contributed by atoms with E-state index >= 15 is 0 Å². The van der Waals surface area contributed by atoms with Gasteiger partial charge in [-0.15, -0.1) is 0 Å². The average Bonchev–Trinajstić information content (AvgIpc) is 2.84. The minimum absolute atomic E-state index is 0.147. The zero-order valence-corrected chi connectivity index (χ0v) is 10.2. The number of ketones is 1. The van der Waals surface area contributed by atoms with Crippen molar-refractivity contribution in [2.24, 2.45) is 0 Å². The number of carbonyl (C=O) groups excluding carboxylic acids is 1. The molecule has 0 N–H and O–H groups in total. The molecule has 17 heavy (non-hydrogen) atoms. The molecule has 0 radical (unpaired) electrons. The molecule has 1 aromatic heterocycles. The lowest BCUT2D eigenvalue weighted by molar-refractivity contribution is 0.0893. The number of furan rings is 1. The molecule has 0 aliphatic heterocycles. The van der Waals surface area contributed by atoms with Gasteiger partial charge in [-0.25, -0.2) is 4.39 Å². The Morgan fingerprint density at radius 1 is 1.41 bits per heavy atom. The molecule has 0 saturated heterocycles. The second-order valence-electron chi connectivity index (χ2n) is 3.27. The lowest BCUT2D eigenvalue weighted by atomic mass is 10.3. The van der Waals surface area contributed by atoms with Crippen LogP contribution in [-0.4, -0.2) is 12.4 Å². The number of benzene rings is 1. The fourth-order valence-electron chi connectivity index (χ4n) is 1.22. The van der Waals surface area contributed by atoms with E-state index in [4.69, 9.17) is 9.15 Å². The monoisotopic (exact) mass is 298 g/mol. The lowest BCUT2D eigenvalue weighted by Crippen LogP contribution is -2.10. The Morgan fingerprint density at radius 3 is 2.88 bits per heavy atom. The van der Waals surface area contributed by atoms with Crippen molar-refractivity contribution in [3.8, 4) is 5.75 Å². The van der Waals surface area contributed by atoms with E-state index < -0.39 is 0 Å². The van der Waals surface area contributed by atoms with Gasteiger partial charge >= 0.3 is 0 Å². The number of hydrogen-bond donors (Lipinski definition) is 0. The normalized spacial score (nSPS) is 10.2. The Balaban J connectivity index is 1.98. The van der Waals surface area contributed by atoms with Crippen LogP contribution in [0.3, 0.4) is 0 Å². The minimum Gasteiger partial charge on any atom is -0.485 e. The maximum Gasteiger partial charge on any atom is 0.235 e. The lowest BCUT2D eigenvalue weighted by Gasteiger charge is -2.04. The molecule has 0 aliphatic carbocycles. The van der Waals surface area contributed by atoms with E-state index in [-0.39, 0.29) is 24.0 Å². The van der Waals surface area contributed by atoms with Gasteiger partial charge in [0.15, 0.2) is 12.4 Å². The highest BCUT2D eigenvalue weighted by Gasteiger charge is 2.10. The summed E-state index contributed by atoms with van der Waals surface area (Å²) in [5.41, 5.74) is 0. The topological polar surface area (TPSA) is 39.4 Å². The summed E-state index contributed by atoms with van der Waals surface area (Å²) in [7, 11) is 0. The molecule has 0 spiro atoms. The fraction of sp³-hybridized carbons (Fsp3) is 0.0833. The second kappa shape index (κ2) is 5.14. The van der Waals surface area contributed by atoms with Crippen molar-refractivity contribution in [3.63, 3.8) is 0 Å². The SMILES string of the molecule is O=C(COc1ccc(F)c(Br)c1)c1ccco1. The van der Waals surface area contributed by atoms with E-state index in [1.165, 1.54) is 24.5 Å². The Hall–Kier alpha value is -1.62. The van der Waals surface area contributed by atoms with Crippen molar-refractivity contribution in [2.75, 3.05) is 6.61 Å². The molecule has 0 aliphatic rings. The Morgan fingerprint density at radius 2 is 2.24 bits per heavy atom. The zero-order valence-electron chi connectivity index (χ0n) is 8.65. The van der Waals surface area contributed by atoms with Crippen LogP contribution < -0.4 is 4.74 Å². The summed E-state index contributed by atoms with van der Waals surface area (Å²) in [6.07, 6.45) is 1.42. The van der Waals surface area contributed by atoms with Crippen LogP contribution >= 0.6 is 15.9 Å². The van der Waals surface area contributed by atoms with Crippen molar-refractivity contribution in [1.29, 1.82) is 0 Å². The van der Waals surface area contributed by atoms with Crippen LogP contribution in [0.1, 0.15) is 10.6 Å². The molecule has 5 heteroatoms. The van der Waals surface area contributed by atoms with Crippen molar-refractivity contribution in [3.05, 3.63) is 52.6 Å². The molecular formula is C12H8BrFO3. The summed E-state index contributed by atoms with van der Waals surface area (Å²) < 4.78 is 23.4. The quantitative estimate of drug-likeness (QED) is 0.812. The Bertz CT molecular complexity index is 523. The second-order valence-corrected chi connectivity index (χ2v) is 4.12. The number of halogens is 2. The molecule has 3 nitrogen and oxygen atoms in total. The standard InChI is InChI=1S/C12H8BrFO3/c13-9-6-8(3-4-10(9)14)17-7-11(15)12-2-1-5-16-12/h1-6H,7H2. The highest BCUT2D eigenvalue weighted by molar-refractivity contribution is 9.10.